The molecule has 0 bridgehead atoms. The van der Waals surface area contributed by atoms with Gasteiger partial charge in [-0.25, -0.2) is 0 Å². The smallest absolute Gasteiger partial charge is 0.230 e. The van der Waals surface area contributed by atoms with Gasteiger partial charge in [-0.05, 0) is 26.3 Å². The zero-order valence-electron chi connectivity index (χ0n) is 10.1. The molecule has 0 radical (unpaired) electrons. The first kappa shape index (κ1) is 13.1. The van der Waals surface area contributed by atoms with Crippen LogP contribution in [0.4, 0.5) is 0 Å². The summed E-state index contributed by atoms with van der Waals surface area (Å²) in [5, 5.41) is 3.25. The molecule has 3 heteroatoms. The summed E-state index contributed by atoms with van der Waals surface area (Å²) in [6, 6.07) is 10.5. The maximum absolute atomic E-state index is 11.5. The van der Waals surface area contributed by atoms with Gasteiger partial charge in [-0.2, -0.15) is 0 Å². The highest BCUT2D eigenvalue weighted by Crippen LogP contribution is 2.27. The number of carbonyl (C=O) groups is 1. The molecule has 1 unspecified atom stereocenters. The van der Waals surface area contributed by atoms with Crippen LogP contribution < -0.4 is 5.32 Å². The average molecular weight is 237 g/mol. The van der Waals surface area contributed by atoms with Gasteiger partial charge in [0.1, 0.15) is 0 Å². The lowest BCUT2D eigenvalue weighted by Crippen LogP contribution is -2.31. The van der Waals surface area contributed by atoms with Gasteiger partial charge >= 0.3 is 0 Å². The van der Waals surface area contributed by atoms with Gasteiger partial charge in [-0.1, -0.05) is 30.3 Å². The molecule has 0 aliphatic heterocycles. The number of hydrogen-bond acceptors (Lipinski definition) is 2. The zero-order valence-corrected chi connectivity index (χ0v) is 10.9. The van der Waals surface area contributed by atoms with Crippen molar-refractivity contribution in [1.82, 2.24) is 5.32 Å². The molecule has 1 amide bonds. The van der Waals surface area contributed by atoms with E-state index in [0.717, 1.165) is 0 Å². The second-order valence-corrected chi connectivity index (χ2v) is 5.42. The van der Waals surface area contributed by atoms with Crippen molar-refractivity contribution >= 4 is 17.7 Å². The lowest BCUT2D eigenvalue weighted by molar-refractivity contribution is -0.119. The van der Waals surface area contributed by atoms with Crippen molar-refractivity contribution in [2.75, 3.05) is 5.75 Å². The molecule has 1 rings (SSSR count). The molecule has 0 aliphatic rings. The lowest BCUT2D eigenvalue weighted by atomic mass is 10.2. The Morgan fingerprint density at radius 1 is 1.25 bits per heavy atom. The van der Waals surface area contributed by atoms with Crippen LogP contribution in [0.3, 0.4) is 0 Å². The van der Waals surface area contributed by atoms with Crippen molar-refractivity contribution in [3.63, 3.8) is 0 Å². The summed E-state index contributed by atoms with van der Waals surface area (Å²) in [6.45, 7) is 6.08. The molecule has 0 fully saturated rings. The third-order valence-electron chi connectivity index (χ3n) is 2.18. The molecule has 1 aromatic carbocycles. The summed E-state index contributed by atoms with van der Waals surface area (Å²) in [5.41, 5.74) is 1.27. The molecule has 0 spiro atoms. The highest BCUT2D eigenvalue weighted by atomic mass is 32.2. The van der Waals surface area contributed by atoms with E-state index in [1.54, 1.807) is 11.8 Å². The quantitative estimate of drug-likeness (QED) is 0.853. The van der Waals surface area contributed by atoms with Gasteiger partial charge in [0, 0.05) is 11.3 Å². The molecule has 88 valence electrons. The van der Waals surface area contributed by atoms with Crippen molar-refractivity contribution in [3.8, 4) is 0 Å². The Kier molecular flexibility index (Phi) is 5.39. The molecule has 0 saturated carbocycles. The highest BCUT2D eigenvalue weighted by Gasteiger charge is 2.09. The van der Waals surface area contributed by atoms with Crippen molar-refractivity contribution in [1.29, 1.82) is 0 Å². The number of thioether (sulfide) groups is 1. The predicted octanol–water partition coefficient (Wildman–Crippen LogP) is 3.01. The monoisotopic (exact) mass is 237 g/mol. The summed E-state index contributed by atoms with van der Waals surface area (Å²) in [6.07, 6.45) is 0. The average Bonchev–Trinajstić information content (AvgIpc) is 2.26. The molecule has 1 atom stereocenters. The van der Waals surface area contributed by atoms with Gasteiger partial charge in [0.15, 0.2) is 0 Å². The Labute approximate surface area is 102 Å². The van der Waals surface area contributed by atoms with Crippen LogP contribution >= 0.6 is 11.8 Å². The fourth-order valence-corrected chi connectivity index (χ4v) is 2.22. The van der Waals surface area contributed by atoms with Crippen LogP contribution in [0.1, 0.15) is 31.6 Å². The topological polar surface area (TPSA) is 29.1 Å². The molecule has 0 heterocycles. The third-order valence-corrected chi connectivity index (χ3v) is 3.38. The van der Waals surface area contributed by atoms with Gasteiger partial charge in [0.05, 0.1) is 5.75 Å². The second-order valence-electron chi connectivity index (χ2n) is 4.09. The van der Waals surface area contributed by atoms with Gasteiger partial charge in [-0.3, -0.25) is 4.79 Å². The number of hydrogen-bond donors (Lipinski definition) is 1. The van der Waals surface area contributed by atoms with E-state index in [1.165, 1.54) is 5.56 Å². The van der Waals surface area contributed by atoms with E-state index in [9.17, 15) is 4.79 Å². The first-order valence-electron chi connectivity index (χ1n) is 5.55. The van der Waals surface area contributed by atoms with E-state index in [-0.39, 0.29) is 11.9 Å². The van der Waals surface area contributed by atoms with Crippen LogP contribution in [0.5, 0.6) is 0 Å². The molecule has 1 N–H and O–H groups in total. The van der Waals surface area contributed by atoms with Crippen molar-refractivity contribution < 1.29 is 4.79 Å². The first-order valence-corrected chi connectivity index (χ1v) is 6.60. The standard InChI is InChI=1S/C13H19NOS/c1-10(2)14-13(15)9-16-11(3)12-7-5-4-6-8-12/h4-8,10-11H,9H2,1-3H3,(H,14,15). The van der Waals surface area contributed by atoms with E-state index >= 15 is 0 Å². The lowest BCUT2D eigenvalue weighted by Gasteiger charge is -2.12. The Balaban J connectivity index is 2.36. The number of benzene rings is 1. The Hall–Kier alpha value is -0.960. The van der Waals surface area contributed by atoms with Crippen molar-refractivity contribution in [3.05, 3.63) is 35.9 Å². The molecule has 2 nitrogen and oxygen atoms in total. The summed E-state index contributed by atoms with van der Waals surface area (Å²) < 4.78 is 0. The minimum absolute atomic E-state index is 0.114. The number of carbonyl (C=O) groups excluding carboxylic acids is 1. The number of rotatable bonds is 5. The van der Waals surface area contributed by atoms with Gasteiger partial charge in [-0.15, -0.1) is 11.8 Å². The molecule has 16 heavy (non-hydrogen) atoms. The Bertz CT molecular complexity index is 324. The van der Waals surface area contributed by atoms with Crippen LogP contribution in [0.15, 0.2) is 30.3 Å². The molecule has 0 aliphatic carbocycles. The molecule has 1 aromatic rings. The minimum atomic E-state index is 0.114. The summed E-state index contributed by atoms with van der Waals surface area (Å²) in [5.74, 6) is 0.636. The predicted molar refractivity (Wildman–Crippen MR) is 70.6 cm³/mol. The number of amides is 1. The zero-order chi connectivity index (χ0) is 12.0. The third kappa shape index (κ3) is 4.71. The largest absolute Gasteiger partial charge is 0.353 e. The highest BCUT2D eigenvalue weighted by molar-refractivity contribution is 8.00. The Morgan fingerprint density at radius 2 is 1.88 bits per heavy atom. The molecule has 0 saturated heterocycles. The van der Waals surface area contributed by atoms with Crippen LogP contribution in [0.2, 0.25) is 0 Å². The van der Waals surface area contributed by atoms with E-state index in [1.807, 2.05) is 32.0 Å². The van der Waals surface area contributed by atoms with Crippen LogP contribution in [0.25, 0.3) is 0 Å². The molecule has 0 aromatic heterocycles. The first-order chi connectivity index (χ1) is 7.59. The van der Waals surface area contributed by atoms with E-state index in [4.69, 9.17) is 0 Å². The summed E-state index contributed by atoms with van der Waals surface area (Å²) in [7, 11) is 0. The Morgan fingerprint density at radius 3 is 2.44 bits per heavy atom. The molecular formula is C13H19NOS. The molecular weight excluding hydrogens is 218 g/mol. The minimum Gasteiger partial charge on any atom is -0.353 e. The van der Waals surface area contributed by atoms with E-state index < -0.39 is 0 Å². The van der Waals surface area contributed by atoms with Gasteiger partial charge in [0.2, 0.25) is 5.91 Å². The maximum atomic E-state index is 11.5. The van der Waals surface area contributed by atoms with Crippen molar-refractivity contribution in [2.45, 2.75) is 32.1 Å². The number of nitrogens with one attached hydrogen (secondary N) is 1. The second kappa shape index (κ2) is 6.59. The van der Waals surface area contributed by atoms with Gasteiger partial charge in [0.25, 0.3) is 0 Å². The fraction of sp³-hybridized carbons (Fsp3) is 0.462. The van der Waals surface area contributed by atoms with Crippen LogP contribution in [0, 0.1) is 0 Å². The summed E-state index contributed by atoms with van der Waals surface area (Å²) >= 11 is 1.67. The van der Waals surface area contributed by atoms with Gasteiger partial charge < -0.3 is 5.32 Å². The van der Waals surface area contributed by atoms with E-state index in [0.29, 0.717) is 11.0 Å². The SMILES string of the molecule is CC(C)NC(=O)CSC(C)c1ccccc1. The maximum Gasteiger partial charge on any atom is 0.230 e. The summed E-state index contributed by atoms with van der Waals surface area (Å²) in [4.78, 5) is 11.5. The fourth-order valence-electron chi connectivity index (χ4n) is 1.38. The normalized spacial score (nSPS) is 12.5. The van der Waals surface area contributed by atoms with E-state index in [2.05, 4.69) is 24.4 Å². The van der Waals surface area contributed by atoms with Crippen LogP contribution in [-0.4, -0.2) is 17.7 Å². The van der Waals surface area contributed by atoms with Crippen LogP contribution in [-0.2, 0) is 4.79 Å². The van der Waals surface area contributed by atoms with Crippen molar-refractivity contribution in [2.24, 2.45) is 0 Å².